The van der Waals surface area contributed by atoms with E-state index in [1.54, 1.807) is 6.07 Å². The molecular formula is C13H6Br2F4. The van der Waals surface area contributed by atoms with Crippen LogP contribution in [0.1, 0.15) is 16.0 Å². The first-order chi connectivity index (χ1) is 8.90. The standard InChI is InChI=1S/C13H6Br2F4/c14-6-1-2-8(9(17)3-6)13(15)12-10(18)4-7(16)5-11(12)19/h1-5,13H. The van der Waals surface area contributed by atoms with E-state index in [9.17, 15) is 17.6 Å². The van der Waals surface area contributed by atoms with Crippen molar-refractivity contribution in [3.63, 3.8) is 0 Å². The van der Waals surface area contributed by atoms with Gasteiger partial charge in [-0.1, -0.05) is 37.9 Å². The molecule has 0 heterocycles. The molecule has 1 unspecified atom stereocenters. The van der Waals surface area contributed by atoms with Crippen molar-refractivity contribution >= 4 is 31.9 Å². The van der Waals surface area contributed by atoms with Gasteiger partial charge >= 0.3 is 0 Å². The van der Waals surface area contributed by atoms with Gasteiger partial charge in [0.05, 0.1) is 4.83 Å². The van der Waals surface area contributed by atoms with Gasteiger partial charge in [0.2, 0.25) is 0 Å². The summed E-state index contributed by atoms with van der Waals surface area (Å²) in [4.78, 5) is -1.04. The van der Waals surface area contributed by atoms with Gasteiger partial charge in [0.25, 0.3) is 0 Å². The van der Waals surface area contributed by atoms with E-state index in [0.29, 0.717) is 16.6 Å². The summed E-state index contributed by atoms with van der Waals surface area (Å²) in [5.41, 5.74) is -0.366. The van der Waals surface area contributed by atoms with Crippen molar-refractivity contribution in [1.29, 1.82) is 0 Å². The summed E-state index contributed by atoms with van der Waals surface area (Å²) in [6, 6.07) is 5.24. The van der Waals surface area contributed by atoms with E-state index in [1.165, 1.54) is 12.1 Å². The molecule has 0 amide bonds. The number of hydrogen-bond donors (Lipinski definition) is 0. The van der Waals surface area contributed by atoms with Crippen molar-refractivity contribution in [3.05, 3.63) is 69.2 Å². The van der Waals surface area contributed by atoms with Crippen LogP contribution in [0, 0.1) is 23.3 Å². The normalized spacial score (nSPS) is 12.5. The van der Waals surface area contributed by atoms with E-state index in [1.807, 2.05) is 0 Å². The van der Waals surface area contributed by atoms with Crippen LogP contribution < -0.4 is 0 Å². The van der Waals surface area contributed by atoms with Crippen molar-refractivity contribution in [1.82, 2.24) is 0 Å². The van der Waals surface area contributed by atoms with E-state index in [0.717, 1.165) is 0 Å². The highest BCUT2D eigenvalue weighted by Crippen LogP contribution is 2.36. The Bertz CT molecular complexity index is 605. The topological polar surface area (TPSA) is 0 Å². The molecule has 2 rings (SSSR count). The molecule has 0 aromatic heterocycles. The third kappa shape index (κ3) is 3.00. The molecule has 0 fully saturated rings. The lowest BCUT2D eigenvalue weighted by Crippen LogP contribution is -2.03. The first kappa shape index (κ1) is 14.5. The van der Waals surface area contributed by atoms with Gasteiger partial charge in [-0.2, -0.15) is 0 Å². The second kappa shape index (κ2) is 5.63. The molecule has 2 aromatic rings. The van der Waals surface area contributed by atoms with Gasteiger partial charge in [-0.05, 0) is 12.1 Å². The molecule has 0 aliphatic carbocycles. The average Bonchev–Trinajstić information content (AvgIpc) is 2.26. The number of halogens is 6. The summed E-state index contributed by atoms with van der Waals surface area (Å²) in [5.74, 6) is -3.78. The zero-order valence-corrected chi connectivity index (χ0v) is 12.4. The van der Waals surface area contributed by atoms with E-state index >= 15 is 0 Å². The maximum Gasteiger partial charge on any atom is 0.133 e. The number of alkyl halides is 1. The van der Waals surface area contributed by atoms with E-state index < -0.39 is 33.7 Å². The molecule has 6 heteroatoms. The van der Waals surface area contributed by atoms with Crippen LogP contribution in [-0.4, -0.2) is 0 Å². The molecule has 19 heavy (non-hydrogen) atoms. The van der Waals surface area contributed by atoms with Crippen LogP contribution in [0.15, 0.2) is 34.8 Å². The predicted octanol–water partition coefficient (Wildman–Crippen LogP) is 5.49. The minimum atomic E-state index is -1.07. The van der Waals surface area contributed by atoms with Gasteiger partial charge in [-0.25, -0.2) is 17.6 Å². The summed E-state index contributed by atoms with van der Waals surface area (Å²) in [6.45, 7) is 0. The molecule has 0 radical (unpaired) electrons. The third-order valence-electron chi connectivity index (χ3n) is 2.53. The molecule has 1 atom stereocenters. The molecule has 0 aliphatic heterocycles. The van der Waals surface area contributed by atoms with Crippen molar-refractivity contribution in [2.24, 2.45) is 0 Å². The minimum absolute atomic E-state index is 0.0626. The largest absolute Gasteiger partial charge is 0.207 e. The van der Waals surface area contributed by atoms with Gasteiger partial charge < -0.3 is 0 Å². The Morgan fingerprint density at radius 2 is 1.42 bits per heavy atom. The second-order valence-electron chi connectivity index (χ2n) is 3.81. The molecule has 2 aromatic carbocycles. The van der Waals surface area contributed by atoms with E-state index in [2.05, 4.69) is 31.9 Å². The first-order valence-corrected chi connectivity index (χ1v) is 6.84. The minimum Gasteiger partial charge on any atom is -0.207 e. The van der Waals surface area contributed by atoms with Crippen LogP contribution in [0.4, 0.5) is 17.6 Å². The van der Waals surface area contributed by atoms with Gasteiger partial charge in [0, 0.05) is 27.7 Å². The maximum absolute atomic E-state index is 13.8. The van der Waals surface area contributed by atoms with Crippen molar-refractivity contribution in [2.75, 3.05) is 0 Å². The van der Waals surface area contributed by atoms with Crippen LogP contribution in [0.25, 0.3) is 0 Å². The Morgan fingerprint density at radius 3 is 1.95 bits per heavy atom. The number of rotatable bonds is 2. The van der Waals surface area contributed by atoms with Gasteiger partial charge in [0.1, 0.15) is 23.3 Å². The molecule has 0 saturated carbocycles. The number of benzene rings is 2. The van der Waals surface area contributed by atoms with Crippen molar-refractivity contribution < 1.29 is 17.6 Å². The zero-order valence-electron chi connectivity index (χ0n) is 9.23. The quantitative estimate of drug-likeness (QED) is 0.464. The molecule has 0 nitrogen and oxygen atoms in total. The van der Waals surface area contributed by atoms with E-state index in [-0.39, 0.29) is 5.56 Å². The molecule has 0 bridgehead atoms. The lowest BCUT2D eigenvalue weighted by atomic mass is 10.0. The maximum atomic E-state index is 13.8. The lowest BCUT2D eigenvalue weighted by Gasteiger charge is -2.14. The highest BCUT2D eigenvalue weighted by Gasteiger charge is 2.23. The molecule has 0 aliphatic rings. The van der Waals surface area contributed by atoms with Gasteiger partial charge in [-0.15, -0.1) is 0 Å². The third-order valence-corrected chi connectivity index (χ3v) is 3.98. The Labute approximate surface area is 123 Å². The molecule has 0 saturated heterocycles. The fourth-order valence-corrected chi connectivity index (χ4v) is 2.80. The summed E-state index contributed by atoms with van der Waals surface area (Å²) in [5, 5.41) is 0. The molecular weight excluding hydrogens is 392 g/mol. The van der Waals surface area contributed by atoms with Crippen LogP contribution in [0.5, 0.6) is 0 Å². The van der Waals surface area contributed by atoms with Crippen LogP contribution in [0.2, 0.25) is 0 Å². The van der Waals surface area contributed by atoms with Crippen LogP contribution in [-0.2, 0) is 0 Å². The van der Waals surface area contributed by atoms with Crippen LogP contribution >= 0.6 is 31.9 Å². The first-order valence-electron chi connectivity index (χ1n) is 5.13. The summed E-state index contributed by atoms with van der Waals surface area (Å²) < 4.78 is 54.3. The van der Waals surface area contributed by atoms with Crippen molar-refractivity contribution in [3.8, 4) is 0 Å². The highest BCUT2D eigenvalue weighted by molar-refractivity contribution is 9.10. The second-order valence-corrected chi connectivity index (χ2v) is 5.64. The molecule has 0 N–H and O–H groups in total. The van der Waals surface area contributed by atoms with Gasteiger partial charge in [0.15, 0.2) is 0 Å². The fraction of sp³-hybridized carbons (Fsp3) is 0.0769. The Morgan fingerprint density at radius 1 is 0.842 bits per heavy atom. The predicted molar refractivity (Wildman–Crippen MR) is 71.2 cm³/mol. The molecule has 100 valence electrons. The summed E-state index contributed by atoms with van der Waals surface area (Å²) >= 11 is 6.13. The van der Waals surface area contributed by atoms with E-state index in [4.69, 9.17) is 0 Å². The fourth-order valence-electron chi connectivity index (χ4n) is 1.66. The zero-order chi connectivity index (χ0) is 14.2. The number of hydrogen-bond acceptors (Lipinski definition) is 0. The SMILES string of the molecule is Fc1cc(F)c(C(Br)c2ccc(Br)cc2F)c(F)c1. The highest BCUT2D eigenvalue weighted by atomic mass is 79.9. The Kier molecular flexibility index (Phi) is 4.30. The van der Waals surface area contributed by atoms with Crippen LogP contribution in [0.3, 0.4) is 0 Å². The van der Waals surface area contributed by atoms with Gasteiger partial charge in [-0.3, -0.25) is 0 Å². The van der Waals surface area contributed by atoms with Crippen molar-refractivity contribution in [2.45, 2.75) is 4.83 Å². The Hall–Kier alpha value is -0.880. The smallest absolute Gasteiger partial charge is 0.133 e. The summed E-state index contributed by atoms with van der Waals surface area (Å²) in [7, 11) is 0. The lowest BCUT2D eigenvalue weighted by molar-refractivity contribution is 0.525. The monoisotopic (exact) mass is 396 g/mol. The Balaban J connectivity index is 2.53. The average molecular weight is 398 g/mol. The molecule has 0 spiro atoms. The summed E-state index contributed by atoms with van der Waals surface area (Å²) in [6.07, 6.45) is 0.